The monoisotopic (exact) mass is 420 g/mol. The third-order valence-corrected chi connectivity index (χ3v) is 5.92. The summed E-state index contributed by atoms with van der Waals surface area (Å²) in [5.74, 6) is -2.69. The van der Waals surface area contributed by atoms with Crippen LogP contribution in [0.4, 0.5) is 18.3 Å². The Balaban J connectivity index is 1.72. The molecule has 1 aliphatic heterocycles. The van der Waals surface area contributed by atoms with E-state index < -0.39 is 24.0 Å². The Morgan fingerprint density at radius 1 is 1.41 bits per heavy atom. The smallest absolute Gasteiger partial charge is 0.389 e. The van der Waals surface area contributed by atoms with Gasteiger partial charge in [-0.15, -0.1) is 22.7 Å². The highest BCUT2D eigenvalue weighted by Crippen LogP contribution is 2.33. The molecule has 1 fully saturated rings. The van der Waals surface area contributed by atoms with E-state index in [1.165, 1.54) is 11.3 Å². The summed E-state index contributed by atoms with van der Waals surface area (Å²) >= 11 is 2.39. The standard InChI is InChI=1S/C15H15F3N4O3S2/c1-7-11(27-10(5-23)19-7)8-6-26-14(20-8)21-12(24)9-3-2-4-22(9)13(25)15(16,17)18/h6,9,23H,2-5H2,1H3,(H,20,21,24). The molecule has 0 aromatic carbocycles. The molecule has 2 aromatic heterocycles. The number of amides is 2. The number of aryl methyl sites for hydroxylation is 1. The van der Waals surface area contributed by atoms with Gasteiger partial charge in [0.25, 0.3) is 0 Å². The van der Waals surface area contributed by atoms with Crippen molar-refractivity contribution < 1.29 is 27.9 Å². The summed E-state index contributed by atoms with van der Waals surface area (Å²) in [6, 6.07) is -1.17. The van der Waals surface area contributed by atoms with Gasteiger partial charge >= 0.3 is 12.1 Å². The van der Waals surface area contributed by atoms with Crippen LogP contribution in [0.1, 0.15) is 23.5 Å². The van der Waals surface area contributed by atoms with Crippen LogP contribution < -0.4 is 5.32 Å². The summed E-state index contributed by atoms with van der Waals surface area (Å²) < 4.78 is 38.0. The van der Waals surface area contributed by atoms with Crippen LogP contribution in [0.2, 0.25) is 0 Å². The number of likely N-dealkylation sites (tertiary alicyclic amines) is 1. The molecule has 1 aliphatic rings. The predicted octanol–water partition coefficient (Wildman–Crippen LogP) is 2.56. The number of nitrogens with one attached hydrogen (secondary N) is 1. The molecule has 1 unspecified atom stereocenters. The molecule has 0 saturated carbocycles. The van der Waals surface area contributed by atoms with Gasteiger partial charge in [-0.1, -0.05) is 0 Å². The number of aliphatic hydroxyl groups is 1. The molecule has 1 atom stereocenters. The second kappa shape index (κ2) is 7.52. The van der Waals surface area contributed by atoms with Crippen LogP contribution in [-0.4, -0.2) is 50.6 Å². The minimum Gasteiger partial charge on any atom is -0.389 e. The highest BCUT2D eigenvalue weighted by Gasteiger charge is 2.47. The van der Waals surface area contributed by atoms with E-state index in [2.05, 4.69) is 15.3 Å². The summed E-state index contributed by atoms with van der Waals surface area (Å²) in [5, 5.41) is 14.1. The Kier molecular flexibility index (Phi) is 5.49. The van der Waals surface area contributed by atoms with Crippen molar-refractivity contribution in [2.45, 2.75) is 38.6 Å². The number of aromatic nitrogens is 2. The summed E-state index contributed by atoms with van der Waals surface area (Å²) in [6.45, 7) is 1.47. The van der Waals surface area contributed by atoms with E-state index in [1.54, 1.807) is 12.3 Å². The van der Waals surface area contributed by atoms with Gasteiger partial charge in [0.15, 0.2) is 5.13 Å². The lowest BCUT2D eigenvalue weighted by Crippen LogP contribution is -2.48. The first-order valence-corrected chi connectivity index (χ1v) is 9.62. The summed E-state index contributed by atoms with van der Waals surface area (Å²) in [6.07, 6.45) is -4.52. The van der Waals surface area contributed by atoms with E-state index in [4.69, 9.17) is 5.11 Å². The molecule has 12 heteroatoms. The first kappa shape index (κ1) is 19.7. The normalized spacial score (nSPS) is 17.4. The van der Waals surface area contributed by atoms with Gasteiger partial charge < -0.3 is 15.3 Å². The molecule has 3 heterocycles. The van der Waals surface area contributed by atoms with E-state index >= 15 is 0 Å². The number of hydrogen-bond acceptors (Lipinski definition) is 7. The highest BCUT2D eigenvalue weighted by molar-refractivity contribution is 7.17. The van der Waals surface area contributed by atoms with E-state index in [-0.39, 0.29) is 24.7 Å². The number of thiazole rings is 2. The van der Waals surface area contributed by atoms with Crippen LogP contribution in [0.15, 0.2) is 5.38 Å². The molecule has 0 bridgehead atoms. The van der Waals surface area contributed by atoms with Crippen molar-refractivity contribution in [2.24, 2.45) is 0 Å². The van der Waals surface area contributed by atoms with Crippen LogP contribution in [0.5, 0.6) is 0 Å². The number of alkyl halides is 3. The van der Waals surface area contributed by atoms with Gasteiger partial charge in [0.05, 0.1) is 22.9 Å². The average Bonchev–Trinajstić information content (AvgIpc) is 3.31. The van der Waals surface area contributed by atoms with Gasteiger partial charge in [0.2, 0.25) is 5.91 Å². The van der Waals surface area contributed by atoms with Crippen molar-refractivity contribution in [2.75, 3.05) is 11.9 Å². The molecule has 2 amide bonds. The summed E-state index contributed by atoms with van der Waals surface area (Å²) in [4.78, 5) is 33.6. The first-order chi connectivity index (χ1) is 12.7. The van der Waals surface area contributed by atoms with Crippen molar-refractivity contribution in [1.82, 2.24) is 14.9 Å². The molecule has 0 spiro atoms. The first-order valence-electron chi connectivity index (χ1n) is 7.92. The van der Waals surface area contributed by atoms with E-state index in [0.29, 0.717) is 27.7 Å². The van der Waals surface area contributed by atoms with Crippen molar-refractivity contribution in [3.05, 3.63) is 16.1 Å². The largest absolute Gasteiger partial charge is 0.471 e. The maximum atomic E-state index is 12.7. The average molecular weight is 420 g/mol. The number of halogens is 3. The maximum absolute atomic E-state index is 12.7. The minimum atomic E-state index is -5.01. The van der Waals surface area contributed by atoms with Gasteiger partial charge in [-0.05, 0) is 19.8 Å². The number of aliphatic hydroxyl groups excluding tert-OH is 1. The van der Waals surface area contributed by atoms with Gasteiger partial charge in [-0.25, -0.2) is 9.97 Å². The van der Waals surface area contributed by atoms with Gasteiger partial charge in [0.1, 0.15) is 11.0 Å². The zero-order valence-electron chi connectivity index (χ0n) is 14.0. The molecule has 2 aromatic rings. The lowest BCUT2D eigenvalue weighted by atomic mass is 10.2. The molecule has 7 nitrogen and oxygen atoms in total. The van der Waals surface area contributed by atoms with Crippen LogP contribution in [-0.2, 0) is 16.2 Å². The van der Waals surface area contributed by atoms with Crippen LogP contribution in [0.25, 0.3) is 10.6 Å². The van der Waals surface area contributed by atoms with E-state index in [0.717, 1.165) is 16.2 Å². The zero-order valence-corrected chi connectivity index (χ0v) is 15.7. The number of hydrogen-bond donors (Lipinski definition) is 2. The third-order valence-electron chi connectivity index (χ3n) is 4.00. The molecule has 27 heavy (non-hydrogen) atoms. The van der Waals surface area contributed by atoms with Crippen molar-refractivity contribution >= 4 is 39.6 Å². The fraction of sp³-hybridized carbons (Fsp3) is 0.467. The second-order valence-corrected chi connectivity index (χ2v) is 7.80. The number of carbonyl (C=O) groups is 2. The quantitative estimate of drug-likeness (QED) is 0.793. The van der Waals surface area contributed by atoms with Crippen LogP contribution in [0, 0.1) is 6.92 Å². The Labute approximate surface area is 159 Å². The zero-order chi connectivity index (χ0) is 19.8. The minimum absolute atomic E-state index is 0.108. The predicted molar refractivity (Wildman–Crippen MR) is 93.3 cm³/mol. The Morgan fingerprint density at radius 3 is 2.78 bits per heavy atom. The number of anilines is 1. The maximum Gasteiger partial charge on any atom is 0.471 e. The molecular formula is C15H15F3N4O3S2. The molecule has 0 radical (unpaired) electrons. The van der Waals surface area contributed by atoms with Gasteiger partial charge in [0, 0.05) is 11.9 Å². The topological polar surface area (TPSA) is 95.4 Å². The second-order valence-electron chi connectivity index (χ2n) is 5.86. The van der Waals surface area contributed by atoms with Crippen LogP contribution >= 0.6 is 22.7 Å². The molecular weight excluding hydrogens is 405 g/mol. The Hall–Kier alpha value is -2.05. The van der Waals surface area contributed by atoms with Crippen molar-refractivity contribution in [3.63, 3.8) is 0 Å². The number of carbonyl (C=O) groups excluding carboxylic acids is 2. The molecule has 0 aliphatic carbocycles. The van der Waals surface area contributed by atoms with E-state index in [1.807, 2.05) is 0 Å². The fourth-order valence-corrected chi connectivity index (χ4v) is 4.49. The van der Waals surface area contributed by atoms with Crippen LogP contribution in [0.3, 0.4) is 0 Å². The lowest BCUT2D eigenvalue weighted by Gasteiger charge is -2.24. The summed E-state index contributed by atoms with van der Waals surface area (Å²) in [7, 11) is 0. The molecule has 3 rings (SSSR count). The number of nitrogens with zero attached hydrogens (tertiary/aromatic N) is 3. The number of rotatable bonds is 4. The molecule has 146 valence electrons. The summed E-state index contributed by atoms with van der Waals surface area (Å²) in [5.41, 5.74) is 1.24. The lowest BCUT2D eigenvalue weighted by molar-refractivity contribution is -0.186. The fourth-order valence-electron chi connectivity index (χ4n) is 2.83. The highest BCUT2D eigenvalue weighted by atomic mass is 32.1. The van der Waals surface area contributed by atoms with Gasteiger partial charge in [-0.3, -0.25) is 9.59 Å². The van der Waals surface area contributed by atoms with E-state index in [9.17, 15) is 22.8 Å². The Morgan fingerprint density at radius 2 is 2.15 bits per heavy atom. The molecule has 1 saturated heterocycles. The SMILES string of the molecule is Cc1nc(CO)sc1-c1csc(NC(=O)C2CCCN2C(=O)C(F)(F)F)n1. The van der Waals surface area contributed by atoms with Crippen molar-refractivity contribution in [1.29, 1.82) is 0 Å². The third kappa shape index (κ3) is 4.12. The van der Waals surface area contributed by atoms with Crippen molar-refractivity contribution in [3.8, 4) is 10.6 Å². The Bertz CT molecular complexity index is 865. The molecule has 2 N–H and O–H groups in total. The van der Waals surface area contributed by atoms with Gasteiger partial charge in [-0.2, -0.15) is 13.2 Å².